The number of rotatable bonds is 2. The Labute approximate surface area is 226 Å². The zero-order valence-corrected chi connectivity index (χ0v) is 21.8. The second-order valence-electron chi connectivity index (χ2n) is 10.9. The first kappa shape index (κ1) is 22.1. The van der Waals surface area contributed by atoms with Crippen LogP contribution in [0.25, 0.3) is 66.2 Å². The zero-order valence-electron chi connectivity index (χ0n) is 21.8. The molecule has 0 N–H and O–H groups in total. The zero-order chi connectivity index (χ0) is 26.1. The van der Waals surface area contributed by atoms with Crippen LogP contribution in [0.2, 0.25) is 0 Å². The molecule has 0 aliphatic heterocycles. The summed E-state index contributed by atoms with van der Waals surface area (Å²) in [6.45, 7) is 4.68. The van der Waals surface area contributed by atoms with E-state index < -0.39 is 0 Å². The van der Waals surface area contributed by atoms with E-state index in [0.717, 1.165) is 33.0 Å². The lowest BCUT2D eigenvalue weighted by Gasteiger charge is -2.23. The molecular formula is C36H25N3. The van der Waals surface area contributed by atoms with Crippen molar-refractivity contribution in [2.24, 2.45) is 0 Å². The van der Waals surface area contributed by atoms with Gasteiger partial charge in [0.05, 0.1) is 22.1 Å². The van der Waals surface area contributed by atoms with E-state index in [1.165, 1.54) is 44.3 Å². The Morgan fingerprint density at radius 1 is 0.513 bits per heavy atom. The molecule has 39 heavy (non-hydrogen) atoms. The molecule has 0 fully saturated rings. The number of hydrogen-bond donors (Lipinski definition) is 0. The van der Waals surface area contributed by atoms with Crippen molar-refractivity contribution in [1.29, 1.82) is 0 Å². The second kappa shape index (κ2) is 8.05. The van der Waals surface area contributed by atoms with Crippen molar-refractivity contribution >= 4 is 32.8 Å². The van der Waals surface area contributed by atoms with Crippen LogP contribution < -0.4 is 0 Å². The van der Waals surface area contributed by atoms with E-state index in [0.29, 0.717) is 0 Å². The van der Waals surface area contributed by atoms with E-state index in [4.69, 9.17) is 9.97 Å². The minimum Gasteiger partial charge on any atom is -0.264 e. The first-order chi connectivity index (χ1) is 19.1. The molecule has 2 aromatic heterocycles. The van der Waals surface area contributed by atoms with Gasteiger partial charge in [-0.3, -0.25) is 4.98 Å². The Balaban J connectivity index is 1.32. The number of hydrogen-bond acceptors (Lipinski definition) is 3. The van der Waals surface area contributed by atoms with Crippen molar-refractivity contribution in [2.45, 2.75) is 19.3 Å². The summed E-state index contributed by atoms with van der Waals surface area (Å²) in [5, 5.41) is 2.33. The highest BCUT2D eigenvalue weighted by molar-refractivity contribution is 6.12. The number of benzene rings is 5. The van der Waals surface area contributed by atoms with Crippen molar-refractivity contribution in [1.82, 2.24) is 15.0 Å². The standard InChI is InChI=1S/C36H25N3/c1-36(2)30-18-22(24-8-7-17-37-21-24)13-15-26(30)27-16-14-23(19-31(27)36)29-20-34-35(28-10-4-3-9-25(28)29)39-33-12-6-5-11-32(33)38-34/h3-21H,1-2H3. The fourth-order valence-electron chi connectivity index (χ4n) is 6.31. The van der Waals surface area contributed by atoms with Crippen LogP contribution in [-0.4, -0.2) is 15.0 Å². The third-order valence-electron chi connectivity index (χ3n) is 8.33. The molecule has 0 radical (unpaired) electrons. The minimum absolute atomic E-state index is 0.123. The number of nitrogens with zero attached hydrogens (tertiary/aromatic N) is 3. The summed E-state index contributed by atoms with van der Waals surface area (Å²) in [6, 6.07) is 36.8. The van der Waals surface area contributed by atoms with Crippen LogP contribution in [0.15, 0.2) is 116 Å². The number of fused-ring (bicyclic) bond motifs is 7. The molecule has 2 heterocycles. The maximum absolute atomic E-state index is 5.02. The second-order valence-corrected chi connectivity index (χ2v) is 10.9. The molecular weight excluding hydrogens is 474 g/mol. The third kappa shape index (κ3) is 3.26. The van der Waals surface area contributed by atoms with Crippen molar-refractivity contribution in [3.05, 3.63) is 127 Å². The van der Waals surface area contributed by atoms with Crippen molar-refractivity contribution in [2.75, 3.05) is 0 Å². The predicted octanol–water partition coefficient (Wildman–Crippen LogP) is 8.97. The Hall–Kier alpha value is -4.89. The summed E-state index contributed by atoms with van der Waals surface area (Å²) >= 11 is 0. The lowest BCUT2D eigenvalue weighted by Crippen LogP contribution is -2.15. The van der Waals surface area contributed by atoms with Crippen LogP contribution in [0.5, 0.6) is 0 Å². The summed E-state index contributed by atoms with van der Waals surface area (Å²) < 4.78 is 0. The monoisotopic (exact) mass is 499 g/mol. The summed E-state index contributed by atoms with van der Waals surface area (Å²) in [4.78, 5) is 14.4. The van der Waals surface area contributed by atoms with E-state index in [2.05, 4.69) is 91.6 Å². The van der Waals surface area contributed by atoms with Crippen LogP contribution in [0.3, 0.4) is 0 Å². The van der Waals surface area contributed by atoms with E-state index >= 15 is 0 Å². The largest absolute Gasteiger partial charge is 0.264 e. The van der Waals surface area contributed by atoms with Gasteiger partial charge in [-0.1, -0.05) is 80.6 Å². The van der Waals surface area contributed by atoms with E-state index in [-0.39, 0.29) is 5.41 Å². The molecule has 0 saturated heterocycles. The first-order valence-corrected chi connectivity index (χ1v) is 13.4. The molecule has 0 spiro atoms. The van der Waals surface area contributed by atoms with Crippen LogP contribution >= 0.6 is 0 Å². The lowest BCUT2D eigenvalue weighted by atomic mass is 9.80. The highest BCUT2D eigenvalue weighted by Crippen LogP contribution is 2.51. The first-order valence-electron chi connectivity index (χ1n) is 13.4. The average molecular weight is 500 g/mol. The average Bonchev–Trinajstić information content (AvgIpc) is 3.21. The maximum Gasteiger partial charge on any atom is 0.0973 e. The Morgan fingerprint density at radius 2 is 1.18 bits per heavy atom. The van der Waals surface area contributed by atoms with Gasteiger partial charge in [0.1, 0.15) is 0 Å². The summed E-state index contributed by atoms with van der Waals surface area (Å²) in [7, 11) is 0. The molecule has 1 aliphatic carbocycles. The van der Waals surface area contributed by atoms with Gasteiger partial charge in [-0.2, -0.15) is 0 Å². The maximum atomic E-state index is 5.02. The lowest BCUT2D eigenvalue weighted by molar-refractivity contribution is 0.661. The quantitative estimate of drug-likeness (QED) is 0.176. The molecule has 0 amide bonds. The topological polar surface area (TPSA) is 38.7 Å². The summed E-state index contributed by atoms with van der Waals surface area (Å²) in [5.74, 6) is 0. The van der Waals surface area contributed by atoms with E-state index in [1.807, 2.05) is 42.7 Å². The summed E-state index contributed by atoms with van der Waals surface area (Å²) in [6.07, 6.45) is 3.76. The Morgan fingerprint density at radius 3 is 1.92 bits per heavy atom. The number of pyridine rings is 1. The molecule has 3 heteroatoms. The molecule has 184 valence electrons. The molecule has 7 aromatic rings. The fourth-order valence-corrected chi connectivity index (χ4v) is 6.31. The van der Waals surface area contributed by atoms with Gasteiger partial charge in [-0.15, -0.1) is 0 Å². The van der Waals surface area contributed by atoms with Crippen molar-refractivity contribution in [3.63, 3.8) is 0 Å². The highest BCUT2D eigenvalue weighted by atomic mass is 14.8. The SMILES string of the molecule is CC1(C)c2cc(-c3cccnc3)ccc2-c2ccc(-c3cc4nc5ccccc5nc4c4ccccc34)cc21. The van der Waals surface area contributed by atoms with E-state index in [1.54, 1.807) is 0 Å². The van der Waals surface area contributed by atoms with Crippen molar-refractivity contribution < 1.29 is 0 Å². The van der Waals surface area contributed by atoms with Crippen LogP contribution in [0, 0.1) is 0 Å². The normalized spacial score (nSPS) is 13.6. The molecule has 1 aliphatic rings. The van der Waals surface area contributed by atoms with Crippen LogP contribution in [0.1, 0.15) is 25.0 Å². The van der Waals surface area contributed by atoms with E-state index in [9.17, 15) is 0 Å². The van der Waals surface area contributed by atoms with Gasteiger partial charge < -0.3 is 0 Å². The van der Waals surface area contributed by atoms with Crippen LogP contribution in [0.4, 0.5) is 0 Å². The van der Waals surface area contributed by atoms with Gasteiger partial charge in [0.25, 0.3) is 0 Å². The smallest absolute Gasteiger partial charge is 0.0973 e. The molecule has 3 nitrogen and oxygen atoms in total. The van der Waals surface area contributed by atoms with Crippen LogP contribution in [-0.2, 0) is 5.41 Å². The van der Waals surface area contributed by atoms with Gasteiger partial charge in [0.2, 0.25) is 0 Å². The molecule has 5 aromatic carbocycles. The van der Waals surface area contributed by atoms with Gasteiger partial charge in [0, 0.05) is 23.2 Å². The Kier molecular flexibility index (Phi) is 4.57. The third-order valence-corrected chi connectivity index (χ3v) is 8.33. The van der Waals surface area contributed by atoms with Gasteiger partial charge in [0.15, 0.2) is 0 Å². The molecule has 0 unspecified atom stereocenters. The van der Waals surface area contributed by atoms with Crippen molar-refractivity contribution in [3.8, 4) is 33.4 Å². The highest BCUT2D eigenvalue weighted by Gasteiger charge is 2.36. The molecule has 0 saturated carbocycles. The van der Waals surface area contributed by atoms with Gasteiger partial charge in [-0.25, -0.2) is 9.97 Å². The molecule has 0 atom stereocenters. The number of para-hydroxylation sites is 2. The minimum atomic E-state index is -0.123. The molecule has 0 bridgehead atoms. The van der Waals surface area contributed by atoms with Gasteiger partial charge >= 0.3 is 0 Å². The molecule has 8 rings (SSSR count). The van der Waals surface area contributed by atoms with Gasteiger partial charge in [-0.05, 0) is 86.3 Å². The number of aromatic nitrogens is 3. The Bertz CT molecular complexity index is 2090. The summed E-state index contributed by atoms with van der Waals surface area (Å²) in [5.41, 5.74) is 13.7. The fraction of sp³-hybridized carbons (Fsp3) is 0.0833. The predicted molar refractivity (Wildman–Crippen MR) is 161 cm³/mol.